The van der Waals surface area contributed by atoms with Gasteiger partial charge in [-0.25, -0.2) is 0 Å². The standard InChI is InChI=1S/C18H29N5O2/c1-4-22-10-12-23(13-11-22)18(25)16-14-15(6-8-19-16)17(24)20-7-5-9-21(2)3/h6,8,14H,4-5,7,9-13H2,1-3H3,(H,20,24). The highest BCUT2D eigenvalue weighted by Gasteiger charge is 2.22. The van der Waals surface area contributed by atoms with Crippen LogP contribution in [0.5, 0.6) is 0 Å². The second kappa shape index (κ2) is 9.48. The van der Waals surface area contributed by atoms with Gasteiger partial charge in [-0.2, -0.15) is 0 Å². The first-order chi connectivity index (χ1) is 12.0. The number of carbonyl (C=O) groups excluding carboxylic acids is 2. The molecule has 2 amide bonds. The lowest BCUT2D eigenvalue weighted by Gasteiger charge is -2.33. The van der Waals surface area contributed by atoms with Crippen molar-refractivity contribution in [1.82, 2.24) is 25.0 Å². The smallest absolute Gasteiger partial charge is 0.272 e. The molecule has 0 atom stereocenters. The first kappa shape index (κ1) is 19.3. The van der Waals surface area contributed by atoms with Crippen LogP contribution in [0.4, 0.5) is 0 Å². The molecule has 0 radical (unpaired) electrons. The van der Waals surface area contributed by atoms with E-state index in [0.717, 1.165) is 32.6 Å². The fourth-order valence-corrected chi connectivity index (χ4v) is 2.82. The number of nitrogens with zero attached hydrogens (tertiary/aromatic N) is 4. The lowest BCUT2D eigenvalue weighted by Crippen LogP contribution is -2.48. The maximum absolute atomic E-state index is 12.6. The van der Waals surface area contributed by atoms with Crippen LogP contribution in [0.1, 0.15) is 34.2 Å². The fraction of sp³-hybridized carbons (Fsp3) is 0.611. The summed E-state index contributed by atoms with van der Waals surface area (Å²) in [6.45, 7) is 7.84. The molecule has 1 aromatic heterocycles. The van der Waals surface area contributed by atoms with E-state index in [-0.39, 0.29) is 11.8 Å². The largest absolute Gasteiger partial charge is 0.352 e. The van der Waals surface area contributed by atoms with Gasteiger partial charge in [-0.1, -0.05) is 6.92 Å². The van der Waals surface area contributed by atoms with E-state index in [1.54, 1.807) is 12.1 Å². The Bertz CT molecular complexity index is 583. The quantitative estimate of drug-likeness (QED) is 0.729. The molecule has 25 heavy (non-hydrogen) atoms. The Morgan fingerprint density at radius 3 is 2.60 bits per heavy atom. The van der Waals surface area contributed by atoms with Crippen molar-refractivity contribution in [1.29, 1.82) is 0 Å². The summed E-state index contributed by atoms with van der Waals surface area (Å²) in [7, 11) is 4.01. The molecule has 1 N–H and O–H groups in total. The maximum Gasteiger partial charge on any atom is 0.272 e. The third kappa shape index (κ3) is 5.79. The molecule has 2 rings (SSSR count). The Morgan fingerprint density at radius 1 is 1.24 bits per heavy atom. The molecule has 1 saturated heterocycles. The normalized spacial score (nSPS) is 15.4. The summed E-state index contributed by atoms with van der Waals surface area (Å²) in [5.41, 5.74) is 0.821. The topological polar surface area (TPSA) is 68.8 Å². The summed E-state index contributed by atoms with van der Waals surface area (Å²) in [5.74, 6) is -0.260. The van der Waals surface area contributed by atoms with Crippen molar-refractivity contribution in [2.45, 2.75) is 13.3 Å². The monoisotopic (exact) mass is 347 g/mol. The first-order valence-electron chi connectivity index (χ1n) is 8.92. The van der Waals surface area contributed by atoms with Gasteiger partial charge in [0.25, 0.3) is 11.8 Å². The number of likely N-dealkylation sites (N-methyl/N-ethyl adjacent to an activating group) is 1. The van der Waals surface area contributed by atoms with E-state index in [9.17, 15) is 9.59 Å². The molecule has 0 saturated carbocycles. The molecular weight excluding hydrogens is 318 g/mol. The minimum atomic E-state index is -0.161. The van der Waals surface area contributed by atoms with Gasteiger partial charge < -0.3 is 20.0 Å². The highest BCUT2D eigenvalue weighted by atomic mass is 16.2. The zero-order chi connectivity index (χ0) is 18.2. The van der Waals surface area contributed by atoms with Gasteiger partial charge in [0.05, 0.1) is 0 Å². The van der Waals surface area contributed by atoms with Crippen LogP contribution in [-0.4, -0.2) is 91.4 Å². The van der Waals surface area contributed by atoms with Gasteiger partial charge in [-0.15, -0.1) is 0 Å². The van der Waals surface area contributed by atoms with E-state index in [1.807, 2.05) is 19.0 Å². The summed E-state index contributed by atoms with van der Waals surface area (Å²) >= 11 is 0. The van der Waals surface area contributed by atoms with Crippen LogP contribution in [0.15, 0.2) is 18.3 Å². The van der Waals surface area contributed by atoms with Gasteiger partial charge >= 0.3 is 0 Å². The number of carbonyl (C=O) groups is 2. The first-order valence-corrected chi connectivity index (χ1v) is 8.92. The predicted molar refractivity (Wildman–Crippen MR) is 97.8 cm³/mol. The molecular formula is C18H29N5O2. The summed E-state index contributed by atoms with van der Waals surface area (Å²) in [6.07, 6.45) is 2.42. The summed E-state index contributed by atoms with van der Waals surface area (Å²) < 4.78 is 0. The van der Waals surface area contributed by atoms with Crippen LogP contribution in [0.3, 0.4) is 0 Å². The highest BCUT2D eigenvalue weighted by Crippen LogP contribution is 2.09. The zero-order valence-electron chi connectivity index (χ0n) is 15.5. The van der Waals surface area contributed by atoms with Crippen LogP contribution in [-0.2, 0) is 0 Å². The number of nitrogens with one attached hydrogen (secondary N) is 1. The lowest BCUT2D eigenvalue weighted by molar-refractivity contribution is 0.0637. The maximum atomic E-state index is 12.6. The molecule has 7 heteroatoms. The predicted octanol–water partition coefficient (Wildman–Crippen LogP) is 0.541. The van der Waals surface area contributed by atoms with Crippen LogP contribution in [0.25, 0.3) is 0 Å². The van der Waals surface area contributed by atoms with Crippen LogP contribution in [0.2, 0.25) is 0 Å². The van der Waals surface area contributed by atoms with Crippen molar-refractivity contribution >= 4 is 11.8 Å². The van der Waals surface area contributed by atoms with E-state index in [2.05, 4.69) is 27.0 Å². The second-order valence-electron chi connectivity index (χ2n) is 6.57. The number of hydrogen-bond donors (Lipinski definition) is 1. The number of amides is 2. The van der Waals surface area contributed by atoms with Gasteiger partial charge in [-0.3, -0.25) is 14.6 Å². The molecule has 0 bridgehead atoms. The molecule has 0 aliphatic carbocycles. The van der Waals surface area contributed by atoms with E-state index in [4.69, 9.17) is 0 Å². The van der Waals surface area contributed by atoms with E-state index in [0.29, 0.717) is 30.9 Å². The van der Waals surface area contributed by atoms with Crippen molar-refractivity contribution in [3.05, 3.63) is 29.6 Å². The van der Waals surface area contributed by atoms with Crippen molar-refractivity contribution in [2.24, 2.45) is 0 Å². The number of rotatable bonds is 7. The minimum absolute atomic E-state index is 0.0991. The Hall–Kier alpha value is -1.99. The molecule has 1 fully saturated rings. The Morgan fingerprint density at radius 2 is 1.96 bits per heavy atom. The molecule has 1 aromatic rings. The van der Waals surface area contributed by atoms with Crippen molar-refractivity contribution < 1.29 is 9.59 Å². The molecule has 0 unspecified atom stereocenters. The molecule has 7 nitrogen and oxygen atoms in total. The van der Waals surface area contributed by atoms with Crippen LogP contribution in [0, 0.1) is 0 Å². The molecule has 138 valence electrons. The SMILES string of the molecule is CCN1CCN(C(=O)c2cc(C(=O)NCCCN(C)C)ccn2)CC1. The Labute approximate surface area is 150 Å². The third-order valence-corrected chi connectivity index (χ3v) is 4.42. The molecule has 0 spiro atoms. The Balaban J connectivity index is 1.91. The van der Waals surface area contributed by atoms with Gasteiger partial charge in [0.1, 0.15) is 5.69 Å². The van der Waals surface area contributed by atoms with Gasteiger partial charge in [0.2, 0.25) is 0 Å². The Kier molecular flexibility index (Phi) is 7.33. The number of piperazine rings is 1. The minimum Gasteiger partial charge on any atom is -0.352 e. The second-order valence-corrected chi connectivity index (χ2v) is 6.57. The number of pyridine rings is 1. The molecule has 1 aliphatic rings. The lowest BCUT2D eigenvalue weighted by atomic mass is 10.2. The van der Waals surface area contributed by atoms with Crippen molar-refractivity contribution in [3.8, 4) is 0 Å². The van der Waals surface area contributed by atoms with E-state index in [1.165, 1.54) is 6.20 Å². The van der Waals surface area contributed by atoms with Gasteiger partial charge in [0, 0.05) is 44.5 Å². The zero-order valence-corrected chi connectivity index (χ0v) is 15.5. The fourth-order valence-electron chi connectivity index (χ4n) is 2.82. The summed E-state index contributed by atoms with van der Waals surface area (Å²) in [4.78, 5) is 35.2. The summed E-state index contributed by atoms with van der Waals surface area (Å²) in [5, 5.41) is 2.89. The number of hydrogen-bond acceptors (Lipinski definition) is 5. The van der Waals surface area contributed by atoms with E-state index >= 15 is 0 Å². The third-order valence-electron chi connectivity index (χ3n) is 4.42. The van der Waals surface area contributed by atoms with Crippen molar-refractivity contribution in [2.75, 3.05) is 59.9 Å². The van der Waals surface area contributed by atoms with E-state index < -0.39 is 0 Å². The number of aromatic nitrogens is 1. The average Bonchev–Trinajstić information content (AvgIpc) is 2.64. The summed E-state index contributed by atoms with van der Waals surface area (Å²) in [6, 6.07) is 3.24. The van der Waals surface area contributed by atoms with Gasteiger partial charge in [-0.05, 0) is 45.7 Å². The molecule has 1 aliphatic heterocycles. The van der Waals surface area contributed by atoms with Crippen LogP contribution < -0.4 is 5.32 Å². The average molecular weight is 347 g/mol. The van der Waals surface area contributed by atoms with Crippen LogP contribution >= 0.6 is 0 Å². The van der Waals surface area contributed by atoms with Crippen molar-refractivity contribution in [3.63, 3.8) is 0 Å². The highest BCUT2D eigenvalue weighted by molar-refractivity contribution is 5.98. The molecule has 2 heterocycles. The van der Waals surface area contributed by atoms with Gasteiger partial charge in [0.15, 0.2) is 0 Å². The molecule has 0 aromatic carbocycles.